The summed E-state index contributed by atoms with van der Waals surface area (Å²) >= 11 is 1.56. The van der Waals surface area contributed by atoms with Crippen molar-refractivity contribution in [2.24, 2.45) is 5.16 Å². The maximum atomic E-state index is 12.4. The molecule has 1 amide bonds. The molecule has 23 heavy (non-hydrogen) atoms. The molecular weight excluding hydrogens is 312 g/mol. The van der Waals surface area contributed by atoms with Crippen LogP contribution in [0, 0.1) is 0 Å². The van der Waals surface area contributed by atoms with E-state index in [1.54, 1.807) is 36.0 Å². The molecule has 0 radical (unpaired) electrons. The zero-order valence-corrected chi connectivity index (χ0v) is 13.3. The summed E-state index contributed by atoms with van der Waals surface area (Å²) in [6.07, 6.45) is 1.58. The Balaban J connectivity index is 1.68. The van der Waals surface area contributed by atoms with Crippen LogP contribution in [0.3, 0.4) is 0 Å². The van der Waals surface area contributed by atoms with Gasteiger partial charge in [-0.2, -0.15) is 0 Å². The fourth-order valence-corrected chi connectivity index (χ4v) is 2.91. The van der Waals surface area contributed by atoms with E-state index in [1.807, 2.05) is 30.5 Å². The SMILES string of the molecule is CSc1ccccc1NC(=O)[C@H]1CC(c2ccccc2O)=NO1. The molecule has 5 nitrogen and oxygen atoms in total. The molecule has 1 atom stereocenters. The Morgan fingerprint density at radius 2 is 2.00 bits per heavy atom. The molecule has 2 aromatic rings. The Morgan fingerprint density at radius 1 is 1.26 bits per heavy atom. The normalized spacial score (nSPS) is 16.6. The van der Waals surface area contributed by atoms with E-state index in [0.29, 0.717) is 17.7 Å². The van der Waals surface area contributed by atoms with Gasteiger partial charge in [0, 0.05) is 16.9 Å². The lowest BCUT2D eigenvalue weighted by atomic mass is 10.0. The molecule has 0 bridgehead atoms. The van der Waals surface area contributed by atoms with Crippen LogP contribution in [0.2, 0.25) is 0 Å². The first-order valence-corrected chi connectivity index (χ1v) is 8.36. The number of para-hydroxylation sites is 2. The smallest absolute Gasteiger partial charge is 0.268 e. The van der Waals surface area contributed by atoms with Crippen LogP contribution < -0.4 is 5.32 Å². The van der Waals surface area contributed by atoms with E-state index in [2.05, 4.69) is 10.5 Å². The van der Waals surface area contributed by atoms with Crippen molar-refractivity contribution < 1.29 is 14.7 Å². The number of hydrogen-bond donors (Lipinski definition) is 2. The molecule has 0 aliphatic carbocycles. The molecule has 0 fully saturated rings. The summed E-state index contributed by atoms with van der Waals surface area (Å²) in [7, 11) is 0. The van der Waals surface area contributed by atoms with E-state index in [-0.39, 0.29) is 11.7 Å². The van der Waals surface area contributed by atoms with Crippen molar-refractivity contribution in [3.05, 3.63) is 54.1 Å². The Morgan fingerprint density at radius 3 is 2.78 bits per heavy atom. The molecule has 1 heterocycles. The van der Waals surface area contributed by atoms with Crippen molar-refractivity contribution in [2.75, 3.05) is 11.6 Å². The van der Waals surface area contributed by atoms with E-state index >= 15 is 0 Å². The number of anilines is 1. The van der Waals surface area contributed by atoms with Gasteiger partial charge < -0.3 is 15.3 Å². The molecule has 0 spiro atoms. The fraction of sp³-hybridized carbons (Fsp3) is 0.176. The van der Waals surface area contributed by atoms with Gasteiger partial charge in [0.05, 0.1) is 11.4 Å². The number of phenols is 1. The number of nitrogens with one attached hydrogen (secondary N) is 1. The number of hydrogen-bond acceptors (Lipinski definition) is 5. The number of thioether (sulfide) groups is 1. The highest BCUT2D eigenvalue weighted by molar-refractivity contribution is 7.98. The summed E-state index contributed by atoms with van der Waals surface area (Å²) in [6.45, 7) is 0. The molecule has 1 aliphatic rings. The minimum atomic E-state index is -0.695. The zero-order chi connectivity index (χ0) is 16.2. The molecule has 6 heteroatoms. The topological polar surface area (TPSA) is 70.9 Å². The largest absolute Gasteiger partial charge is 0.507 e. The van der Waals surface area contributed by atoms with Gasteiger partial charge in [0.2, 0.25) is 6.10 Å². The van der Waals surface area contributed by atoms with Crippen LogP contribution >= 0.6 is 11.8 Å². The van der Waals surface area contributed by atoms with Crippen LogP contribution in [0.1, 0.15) is 12.0 Å². The Bertz CT molecular complexity index is 761. The number of carbonyl (C=O) groups is 1. The fourth-order valence-electron chi connectivity index (χ4n) is 2.36. The number of benzene rings is 2. The first-order chi connectivity index (χ1) is 11.2. The summed E-state index contributed by atoms with van der Waals surface area (Å²) in [5.74, 6) is -0.121. The summed E-state index contributed by atoms with van der Waals surface area (Å²) in [4.78, 5) is 18.6. The van der Waals surface area contributed by atoms with Gasteiger partial charge in [-0.1, -0.05) is 29.4 Å². The van der Waals surface area contributed by atoms with Gasteiger partial charge in [0.1, 0.15) is 5.75 Å². The highest BCUT2D eigenvalue weighted by Gasteiger charge is 2.30. The predicted molar refractivity (Wildman–Crippen MR) is 91.0 cm³/mol. The van der Waals surface area contributed by atoms with Crippen molar-refractivity contribution in [3.63, 3.8) is 0 Å². The molecule has 118 valence electrons. The van der Waals surface area contributed by atoms with Crippen molar-refractivity contribution in [3.8, 4) is 5.75 Å². The average Bonchev–Trinajstić information content (AvgIpc) is 3.05. The average molecular weight is 328 g/mol. The van der Waals surface area contributed by atoms with Gasteiger partial charge in [0.15, 0.2) is 0 Å². The Kier molecular flexibility index (Phi) is 4.52. The van der Waals surface area contributed by atoms with E-state index in [4.69, 9.17) is 4.84 Å². The number of rotatable bonds is 4. The number of amides is 1. The Labute approximate surface area is 138 Å². The van der Waals surface area contributed by atoms with Gasteiger partial charge in [-0.3, -0.25) is 4.79 Å². The van der Waals surface area contributed by atoms with E-state index < -0.39 is 6.10 Å². The van der Waals surface area contributed by atoms with Gasteiger partial charge in [-0.25, -0.2) is 0 Å². The Hall–Kier alpha value is -2.47. The molecule has 3 rings (SSSR count). The number of aromatic hydroxyl groups is 1. The van der Waals surface area contributed by atoms with Crippen molar-refractivity contribution in [1.29, 1.82) is 0 Å². The molecule has 0 unspecified atom stereocenters. The third-order valence-corrected chi connectivity index (χ3v) is 4.34. The predicted octanol–water partition coefficient (Wildman–Crippen LogP) is 3.25. The van der Waals surface area contributed by atoms with E-state index in [0.717, 1.165) is 10.6 Å². The standard InChI is InChI=1S/C17H16N2O3S/c1-23-16-9-5-3-7-12(16)18-17(21)15-10-13(19-22-15)11-6-2-4-8-14(11)20/h2-9,15,20H,10H2,1H3,(H,18,21)/t15-/m1/s1. The highest BCUT2D eigenvalue weighted by atomic mass is 32.2. The molecule has 1 aliphatic heterocycles. The third kappa shape index (κ3) is 3.32. The number of carbonyl (C=O) groups excluding carboxylic acids is 1. The quantitative estimate of drug-likeness (QED) is 0.845. The minimum absolute atomic E-state index is 0.128. The number of phenolic OH excluding ortho intramolecular Hbond substituents is 1. The van der Waals surface area contributed by atoms with E-state index in [9.17, 15) is 9.90 Å². The van der Waals surface area contributed by atoms with Crippen molar-refractivity contribution in [2.45, 2.75) is 17.4 Å². The van der Waals surface area contributed by atoms with Crippen LogP contribution in [0.5, 0.6) is 5.75 Å². The lowest BCUT2D eigenvalue weighted by Crippen LogP contribution is -2.28. The first-order valence-electron chi connectivity index (χ1n) is 7.14. The summed E-state index contributed by atoms with van der Waals surface area (Å²) in [6, 6.07) is 14.5. The lowest BCUT2D eigenvalue weighted by molar-refractivity contribution is -0.125. The summed E-state index contributed by atoms with van der Waals surface area (Å²) in [5, 5.41) is 16.7. The second-order valence-electron chi connectivity index (χ2n) is 5.04. The van der Waals surface area contributed by atoms with Crippen LogP contribution in [-0.4, -0.2) is 29.1 Å². The van der Waals surface area contributed by atoms with Gasteiger partial charge in [0.25, 0.3) is 5.91 Å². The first kappa shape index (κ1) is 15.4. The molecule has 0 saturated carbocycles. The molecule has 0 saturated heterocycles. The van der Waals surface area contributed by atoms with Crippen LogP contribution in [-0.2, 0) is 9.63 Å². The molecule has 2 aromatic carbocycles. The van der Waals surface area contributed by atoms with E-state index in [1.165, 1.54) is 0 Å². The highest BCUT2D eigenvalue weighted by Crippen LogP contribution is 2.27. The summed E-state index contributed by atoms with van der Waals surface area (Å²) < 4.78 is 0. The maximum Gasteiger partial charge on any atom is 0.268 e. The van der Waals surface area contributed by atoms with Crippen LogP contribution in [0.25, 0.3) is 0 Å². The number of nitrogens with zero attached hydrogens (tertiary/aromatic N) is 1. The lowest BCUT2D eigenvalue weighted by Gasteiger charge is -2.12. The van der Waals surface area contributed by atoms with Crippen molar-refractivity contribution in [1.82, 2.24) is 0 Å². The molecular formula is C17H16N2O3S. The minimum Gasteiger partial charge on any atom is -0.507 e. The molecule has 0 aromatic heterocycles. The van der Waals surface area contributed by atoms with Gasteiger partial charge in [-0.05, 0) is 30.5 Å². The maximum absolute atomic E-state index is 12.4. The van der Waals surface area contributed by atoms with Crippen LogP contribution in [0.4, 0.5) is 5.69 Å². The second kappa shape index (κ2) is 6.75. The monoisotopic (exact) mass is 328 g/mol. The van der Waals surface area contributed by atoms with Crippen LogP contribution in [0.15, 0.2) is 58.6 Å². The van der Waals surface area contributed by atoms with Crippen molar-refractivity contribution >= 4 is 29.1 Å². The molecule has 2 N–H and O–H groups in total. The van der Waals surface area contributed by atoms with Gasteiger partial charge >= 0.3 is 0 Å². The summed E-state index contributed by atoms with van der Waals surface area (Å²) in [5.41, 5.74) is 1.92. The van der Waals surface area contributed by atoms with Gasteiger partial charge in [-0.15, -0.1) is 11.8 Å². The zero-order valence-electron chi connectivity index (χ0n) is 12.5. The third-order valence-electron chi connectivity index (χ3n) is 3.54. The number of oxime groups is 1. The second-order valence-corrected chi connectivity index (χ2v) is 5.89.